The smallest absolute Gasteiger partial charge is 0.410 e. The standard InChI is InChI=1S/C42H44N6O5S/c1-41(2,3)53-40(50)46(4)33-26-47-38(52-27-33)36(25-44-47)54(43,51)48(39(49)45-37-34-22-20-28(34)24-29-21-23-35(29)37)42(30-14-8-5-9-15-30,31-16-10-6-11-17-31)32-18-12-7-13-19-32/h5-19,24-25,33,43H,20-23,26-27H2,1-4H3,(H,45,49)/t33-,54?/m0/s1. The predicted molar refractivity (Wildman–Crippen MR) is 206 cm³/mol. The highest BCUT2D eigenvalue weighted by molar-refractivity contribution is 7.90. The summed E-state index contributed by atoms with van der Waals surface area (Å²) in [4.78, 5) is 29.9. The monoisotopic (exact) mass is 744 g/mol. The highest BCUT2D eigenvalue weighted by atomic mass is 32.2. The van der Waals surface area contributed by atoms with Crippen LogP contribution in [0.2, 0.25) is 0 Å². The lowest BCUT2D eigenvalue weighted by Gasteiger charge is -2.45. The Labute approximate surface area is 316 Å². The van der Waals surface area contributed by atoms with Crippen LogP contribution in [0.5, 0.6) is 5.88 Å². The number of amides is 3. The summed E-state index contributed by atoms with van der Waals surface area (Å²) in [5.74, 6) is 0.109. The van der Waals surface area contributed by atoms with Crippen molar-refractivity contribution in [3.05, 3.63) is 142 Å². The fourth-order valence-corrected chi connectivity index (χ4v) is 9.57. The Kier molecular flexibility index (Phi) is 8.75. The topological polar surface area (TPSA) is 130 Å². The van der Waals surface area contributed by atoms with E-state index in [-0.39, 0.29) is 23.9 Å². The minimum absolute atomic E-state index is 0.0413. The summed E-state index contributed by atoms with van der Waals surface area (Å²) >= 11 is 0. The Balaban J connectivity index is 1.30. The number of benzene rings is 4. The summed E-state index contributed by atoms with van der Waals surface area (Å²) in [5.41, 5.74) is 5.06. The van der Waals surface area contributed by atoms with E-state index in [2.05, 4.69) is 16.5 Å². The molecule has 1 aromatic heterocycles. The van der Waals surface area contributed by atoms with Crippen molar-refractivity contribution in [3.63, 3.8) is 0 Å². The molecule has 2 atom stereocenters. The van der Waals surface area contributed by atoms with Gasteiger partial charge in [-0.05, 0) is 85.4 Å². The molecule has 2 N–H and O–H groups in total. The Morgan fingerprint density at radius 2 is 1.39 bits per heavy atom. The molecule has 3 aliphatic rings. The van der Waals surface area contributed by atoms with Crippen molar-refractivity contribution in [2.24, 2.45) is 0 Å². The van der Waals surface area contributed by atoms with Gasteiger partial charge in [-0.3, -0.25) is 0 Å². The quantitative estimate of drug-likeness (QED) is 0.158. The van der Waals surface area contributed by atoms with Crippen molar-refractivity contribution < 1.29 is 23.3 Å². The highest BCUT2D eigenvalue weighted by Crippen LogP contribution is 2.48. The number of nitrogens with zero attached hydrogens (tertiary/aromatic N) is 4. The van der Waals surface area contributed by atoms with Crippen LogP contribution in [0.3, 0.4) is 0 Å². The van der Waals surface area contributed by atoms with Gasteiger partial charge in [0.15, 0.2) is 9.92 Å². The predicted octanol–water partition coefficient (Wildman–Crippen LogP) is 7.56. The second-order valence-electron chi connectivity index (χ2n) is 15.1. The number of aryl methyl sites for hydroxylation is 2. The summed E-state index contributed by atoms with van der Waals surface area (Å²) in [7, 11) is -2.66. The van der Waals surface area contributed by atoms with Crippen LogP contribution < -0.4 is 10.1 Å². The molecule has 1 aliphatic heterocycles. The molecular formula is C42H44N6O5S. The summed E-state index contributed by atoms with van der Waals surface area (Å²) in [6.45, 7) is 5.65. The zero-order chi connectivity index (χ0) is 37.8. The number of anilines is 1. The number of carbonyl (C=O) groups is 2. The number of likely N-dealkylation sites (N-methyl/N-ethyl adjacent to an activating group) is 1. The maximum Gasteiger partial charge on any atom is 0.410 e. The fourth-order valence-electron chi connectivity index (χ4n) is 7.80. The molecule has 2 aliphatic carbocycles. The van der Waals surface area contributed by atoms with Gasteiger partial charge in [-0.15, -0.1) is 0 Å². The van der Waals surface area contributed by atoms with Crippen LogP contribution in [0.1, 0.15) is 59.7 Å². The first-order valence-electron chi connectivity index (χ1n) is 18.3. The van der Waals surface area contributed by atoms with Gasteiger partial charge in [-0.1, -0.05) is 97.1 Å². The van der Waals surface area contributed by atoms with Gasteiger partial charge in [-0.25, -0.2) is 27.6 Å². The van der Waals surface area contributed by atoms with Crippen LogP contribution in [-0.2, 0) is 52.4 Å². The summed E-state index contributed by atoms with van der Waals surface area (Å²) in [6, 6.07) is 29.5. The van der Waals surface area contributed by atoms with Crippen LogP contribution >= 0.6 is 0 Å². The van der Waals surface area contributed by atoms with Crippen molar-refractivity contribution in [1.82, 2.24) is 19.0 Å². The van der Waals surface area contributed by atoms with Crippen LogP contribution in [0.25, 0.3) is 0 Å². The molecule has 0 saturated heterocycles. The molecule has 0 spiro atoms. The van der Waals surface area contributed by atoms with E-state index >= 15 is 9.00 Å². The van der Waals surface area contributed by atoms with Gasteiger partial charge in [0.2, 0.25) is 5.88 Å². The molecule has 1 unspecified atom stereocenters. The molecule has 0 saturated carbocycles. The van der Waals surface area contributed by atoms with Gasteiger partial charge in [-0.2, -0.15) is 5.10 Å². The second kappa shape index (κ2) is 13.3. The summed E-state index contributed by atoms with van der Waals surface area (Å²) in [5, 5.41) is 7.78. The minimum Gasteiger partial charge on any atom is -0.475 e. The van der Waals surface area contributed by atoms with E-state index in [9.17, 15) is 9.57 Å². The molecule has 0 fully saturated rings. The van der Waals surface area contributed by atoms with E-state index < -0.39 is 39.2 Å². The van der Waals surface area contributed by atoms with Crippen molar-refractivity contribution in [2.45, 2.75) is 75.1 Å². The lowest BCUT2D eigenvalue weighted by Crippen LogP contribution is -2.55. The largest absolute Gasteiger partial charge is 0.475 e. The summed E-state index contributed by atoms with van der Waals surface area (Å²) in [6.07, 6.45) is 4.39. The minimum atomic E-state index is -4.30. The number of urea groups is 1. The molecule has 278 valence electrons. The number of hydrogen-bond acceptors (Lipinski definition) is 7. The maximum absolute atomic E-state index is 15.9. The Bertz CT molecular complexity index is 2210. The van der Waals surface area contributed by atoms with E-state index in [0.29, 0.717) is 16.7 Å². The van der Waals surface area contributed by atoms with Crippen molar-refractivity contribution in [2.75, 3.05) is 19.0 Å². The van der Waals surface area contributed by atoms with E-state index in [1.165, 1.54) is 31.2 Å². The van der Waals surface area contributed by atoms with Gasteiger partial charge in [0.25, 0.3) is 0 Å². The van der Waals surface area contributed by atoms with Gasteiger partial charge in [0, 0.05) is 12.7 Å². The Morgan fingerprint density at radius 3 is 1.85 bits per heavy atom. The number of ether oxygens (including phenoxy) is 2. The average molecular weight is 745 g/mol. The third kappa shape index (κ3) is 5.89. The van der Waals surface area contributed by atoms with Gasteiger partial charge in [0.05, 0.1) is 18.8 Å². The SMILES string of the molecule is CN(C(=O)OC(C)(C)C)[C@@H]1COc2c(S(=N)(=O)N(C(=O)Nc3c4c(cc5c3CC5)CC4)C(c3ccccc3)(c3ccccc3)c3ccccc3)cnn2C1. The van der Waals surface area contributed by atoms with Crippen LogP contribution in [0.4, 0.5) is 15.3 Å². The molecular weight excluding hydrogens is 701 g/mol. The molecule has 4 aromatic carbocycles. The molecule has 11 nitrogen and oxygen atoms in total. The van der Waals surface area contributed by atoms with Crippen molar-refractivity contribution in [3.8, 4) is 5.88 Å². The van der Waals surface area contributed by atoms with E-state index in [0.717, 1.165) is 42.5 Å². The first-order chi connectivity index (χ1) is 25.9. The highest BCUT2D eigenvalue weighted by Gasteiger charge is 2.52. The molecule has 5 aromatic rings. The summed E-state index contributed by atoms with van der Waals surface area (Å²) < 4.78 is 40.6. The van der Waals surface area contributed by atoms with E-state index in [1.54, 1.807) is 27.8 Å². The van der Waals surface area contributed by atoms with Crippen LogP contribution in [0.15, 0.2) is 108 Å². The van der Waals surface area contributed by atoms with Crippen molar-refractivity contribution >= 4 is 27.7 Å². The molecule has 54 heavy (non-hydrogen) atoms. The van der Waals surface area contributed by atoms with E-state index in [4.69, 9.17) is 9.47 Å². The Hall–Kier alpha value is -5.62. The number of fused-ring (bicyclic) bond motifs is 3. The van der Waals surface area contributed by atoms with E-state index in [1.807, 2.05) is 91.0 Å². The molecule has 0 bridgehead atoms. The lowest BCUT2D eigenvalue weighted by molar-refractivity contribution is 0.0101. The first kappa shape index (κ1) is 35.4. The molecule has 12 heteroatoms. The third-order valence-corrected chi connectivity index (χ3v) is 12.5. The number of nitrogens with one attached hydrogen (secondary N) is 2. The number of aromatic nitrogens is 2. The molecule has 0 radical (unpaired) electrons. The van der Waals surface area contributed by atoms with Crippen molar-refractivity contribution in [1.29, 1.82) is 4.78 Å². The van der Waals surface area contributed by atoms with Gasteiger partial charge >= 0.3 is 12.1 Å². The van der Waals surface area contributed by atoms with Gasteiger partial charge < -0.3 is 19.7 Å². The zero-order valence-corrected chi connectivity index (χ0v) is 31.7. The average Bonchev–Trinajstić information content (AvgIpc) is 3.57. The molecule has 8 rings (SSSR count). The zero-order valence-electron chi connectivity index (χ0n) is 30.9. The first-order valence-corrected chi connectivity index (χ1v) is 19.8. The fraction of sp³-hybridized carbons (Fsp3) is 0.310. The van der Waals surface area contributed by atoms with Gasteiger partial charge in [0.1, 0.15) is 22.6 Å². The number of carbonyl (C=O) groups excluding carboxylic acids is 2. The maximum atomic E-state index is 15.9. The Morgan fingerprint density at radius 1 is 0.870 bits per heavy atom. The third-order valence-electron chi connectivity index (χ3n) is 10.7. The number of rotatable bonds is 8. The number of hydrogen-bond donors (Lipinski definition) is 2. The lowest BCUT2D eigenvalue weighted by atomic mass is 9.76. The molecule has 3 amide bonds. The second-order valence-corrected chi connectivity index (χ2v) is 17.0. The normalized spacial score (nSPS) is 16.9. The van der Waals surface area contributed by atoms with Crippen LogP contribution in [0, 0.1) is 4.78 Å². The van der Waals surface area contributed by atoms with Crippen LogP contribution in [-0.4, -0.2) is 60.6 Å². The molecule has 2 heterocycles.